The van der Waals surface area contributed by atoms with Crippen molar-refractivity contribution < 1.29 is 23.4 Å². The number of hydrogen-bond acceptors (Lipinski definition) is 7. The third kappa shape index (κ3) is 5.99. The van der Waals surface area contributed by atoms with Crippen LogP contribution in [0.25, 0.3) is 0 Å². The number of rotatable bonds is 8. The summed E-state index contributed by atoms with van der Waals surface area (Å²) in [4.78, 5) is 26.7. The maximum absolute atomic E-state index is 12.3. The van der Waals surface area contributed by atoms with E-state index in [2.05, 4.69) is 10.2 Å². The zero-order chi connectivity index (χ0) is 20.6. The fourth-order valence-electron chi connectivity index (χ4n) is 3.18. The molecule has 1 aliphatic heterocycles. The van der Waals surface area contributed by atoms with Crippen LogP contribution in [0.1, 0.15) is 25.0 Å². The monoisotopic (exact) mass is 402 g/mol. The third-order valence-corrected chi connectivity index (χ3v) is 4.67. The van der Waals surface area contributed by atoms with Crippen LogP contribution in [0.3, 0.4) is 0 Å². The number of benzene rings is 1. The molecule has 0 bridgehead atoms. The van der Waals surface area contributed by atoms with Gasteiger partial charge in [0.1, 0.15) is 23.5 Å². The van der Waals surface area contributed by atoms with Gasteiger partial charge in [0.15, 0.2) is 6.61 Å². The number of carbonyl (C=O) groups excluding carboxylic acids is 1. The molecule has 1 saturated heterocycles. The van der Waals surface area contributed by atoms with E-state index in [1.807, 2.05) is 0 Å². The quantitative estimate of drug-likeness (QED) is 0.726. The standard InChI is InChI=1S/C21H26N2O6/c1-26-16-8-15(9-17(10-16)27-2)22-21(25)14-29-20-13-28-18(11-19(20)24)12-23-6-4-3-5-7-23/h8-11,13H,3-7,12,14H2,1-2H3,(H,22,25). The maximum Gasteiger partial charge on any atom is 0.262 e. The first kappa shape index (κ1) is 20.7. The van der Waals surface area contributed by atoms with Gasteiger partial charge in [-0.15, -0.1) is 0 Å². The van der Waals surface area contributed by atoms with E-state index in [0.29, 0.717) is 29.5 Å². The topological polar surface area (TPSA) is 90.2 Å². The summed E-state index contributed by atoms with van der Waals surface area (Å²) in [6.45, 7) is 2.30. The van der Waals surface area contributed by atoms with Crippen LogP contribution in [-0.2, 0) is 11.3 Å². The van der Waals surface area contributed by atoms with Crippen LogP contribution in [0.4, 0.5) is 5.69 Å². The highest BCUT2D eigenvalue weighted by Crippen LogP contribution is 2.25. The highest BCUT2D eigenvalue weighted by molar-refractivity contribution is 5.92. The lowest BCUT2D eigenvalue weighted by Crippen LogP contribution is -2.29. The molecule has 8 nitrogen and oxygen atoms in total. The minimum atomic E-state index is -0.419. The Bertz CT molecular complexity index is 867. The largest absolute Gasteiger partial charge is 0.497 e. The Kier molecular flexibility index (Phi) is 7.13. The molecule has 0 spiro atoms. The number of amides is 1. The third-order valence-electron chi connectivity index (χ3n) is 4.67. The zero-order valence-electron chi connectivity index (χ0n) is 16.7. The molecule has 3 rings (SSSR count). The molecule has 1 aromatic heterocycles. The lowest BCUT2D eigenvalue weighted by Gasteiger charge is -2.25. The second kappa shape index (κ2) is 9.97. The number of hydrogen-bond donors (Lipinski definition) is 1. The summed E-state index contributed by atoms with van der Waals surface area (Å²) in [5, 5.41) is 2.68. The van der Waals surface area contributed by atoms with Gasteiger partial charge in [-0.25, -0.2) is 0 Å². The van der Waals surface area contributed by atoms with Crippen molar-refractivity contribution in [3.8, 4) is 17.2 Å². The molecule has 0 unspecified atom stereocenters. The number of anilines is 1. The molecule has 0 saturated carbocycles. The van der Waals surface area contributed by atoms with Gasteiger partial charge in [-0.3, -0.25) is 14.5 Å². The van der Waals surface area contributed by atoms with Crippen LogP contribution in [0.2, 0.25) is 0 Å². The van der Waals surface area contributed by atoms with E-state index >= 15 is 0 Å². The average molecular weight is 402 g/mol. The van der Waals surface area contributed by atoms with E-state index in [1.54, 1.807) is 18.2 Å². The van der Waals surface area contributed by atoms with E-state index in [1.165, 1.54) is 45.8 Å². The highest BCUT2D eigenvalue weighted by atomic mass is 16.5. The summed E-state index contributed by atoms with van der Waals surface area (Å²) in [6, 6.07) is 6.44. The van der Waals surface area contributed by atoms with Crippen LogP contribution >= 0.6 is 0 Å². The molecule has 2 aromatic rings. The average Bonchev–Trinajstić information content (AvgIpc) is 2.73. The summed E-state index contributed by atoms with van der Waals surface area (Å²) < 4.78 is 21.2. The van der Waals surface area contributed by atoms with Gasteiger partial charge in [-0.2, -0.15) is 0 Å². The van der Waals surface area contributed by atoms with E-state index < -0.39 is 5.91 Å². The molecular formula is C21H26N2O6. The first-order valence-corrected chi connectivity index (χ1v) is 9.57. The number of carbonyl (C=O) groups is 1. The zero-order valence-corrected chi connectivity index (χ0v) is 16.7. The highest BCUT2D eigenvalue weighted by Gasteiger charge is 2.14. The second-order valence-electron chi connectivity index (χ2n) is 6.85. The Labute approximate surface area is 169 Å². The number of nitrogens with zero attached hydrogens (tertiary/aromatic N) is 1. The van der Waals surface area contributed by atoms with Gasteiger partial charge in [-0.05, 0) is 25.9 Å². The molecule has 1 amide bonds. The summed E-state index contributed by atoms with van der Waals surface area (Å²) in [7, 11) is 3.05. The number of likely N-dealkylation sites (tertiary alicyclic amines) is 1. The molecule has 1 N–H and O–H groups in total. The van der Waals surface area contributed by atoms with Gasteiger partial charge in [-0.1, -0.05) is 6.42 Å². The molecular weight excluding hydrogens is 376 g/mol. The van der Waals surface area contributed by atoms with Gasteiger partial charge >= 0.3 is 0 Å². The molecule has 29 heavy (non-hydrogen) atoms. The van der Waals surface area contributed by atoms with Gasteiger partial charge in [0.25, 0.3) is 5.91 Å². The van der Waals surface area contributed by atoms with Gasteiger partial charge < -0.3 is 23.9 Å². The summed E-state index contributed by atoms with van der Waals surface area (Å²) >= 11 is 0. The van der Waals surface area contributed by atoms with Crippen LogP contribution < -0.4 is 25.0 Å². The molecule has 156 valence electrons. The van der Waals surface area contributed by atoms with Gasteiger partial charge in [0.05, 0.1) is 20.8 Å². The second-order valence-corrected chi connectivity index (χ2v) is 6.85. The van der Waals surface area contributed by atoms with Gasteiger partial charge in [0.2, 0.25) is 11.2 Å². The van der Waals surface area contributed by atoms with Crippen LogP contribution in [0.15, 0.2) is 39.7 Å². The molecule has 1 aromatic carbocycles. The SMILES string of the molecule is COc1cc(NC(=O)COc2coc(CN3CCCCC3)cc2=O)cc(OC)c1. The normalized spacial score (nSPS) is 14.3. The van der Waals surface area contributed by atoms with Crippen LogP contribution in [0, 0.1) is 0 Å². The Hall–Kier alpha value is -3.00. The smallest absolute Gasteiger partial charge is 0.262 e. The minimum absolute atomic E-state index is 0.00534. The Balaban J connectivity index is 1.55. The van der Waals surface area contributed by atoms with Crippen molar-refractivity contribution in [3.05, 3.63) is 46.5 Å². The van der Waals surface area contributed by atoms with Crippen molar-refractivity contribution in [2.24, 2.45) is 0 Å². The fourth-order valence-corrected chi connectivity index (χ4v) is 3.18. The van der Waals surface area contributed by atoms with Crippen molar-refractivity contribution >= 4 is 11.6 Å². The number of methoxy groups -OCH3 is 2. The summed E-state index contributed by atoms with van der Waals surface area (Å²) in [5.41, 5.74) is 0.192. The number of nitrogens with one attached hydrogen (secondary N) is 1. The fraction of sp³-hybridized carbons (Fsp3) is 0.429. The molecule has 0 atom stereocenters. The molecule has 1 fully saturated rings. The molecule has 0 aliphatic carbocycles. The summed E-state index contributed by atoms with van der Waals surface area (Å²) in [6.07, 6.45) is 4.85. The Morgan fingerprint density at radius 2 is 1.76 bits per heavy atom. The molecule has 0 radical (unpaired) electrons. The molecule has 8 heteroatoms. The van der Waals surface area contributed by atoms with Crippen molar-refractivity contribution in [1.82, 2.24) is 4.90 Å². The minimum Gasteiger partial charge on any atom is -0.497 e. The van der Waals surface area contributed by atoms with Crippen LogP contribution in [-0.4, -0.2) is 44.7 Å². The predicted octanol–water partition coefficient (Wildman–Crippen LogP) is 2.66. The lowest BCUT2D eigenvalue weighted by atomic mass is 10.1. The Morgan fingerprint density at radius 3 is 2.38 bits per heavy atom. The molecule has 1 aliphatic rings. The maximum atomic E-state index is 12.3. The Morgan fingerprint density at radius 1 is 1.07 bits per heavy atom. The van der Waals surface area contributed by atoms with Crippen LogP contribution in [0.5, 0.6) is 17.2 Å². The molecule has 2 heterocycles. The van der Waals surface area contributed by atoms with Crippen molar-refractivity contribution in [3.63, 3.8) is 0 Å². The predicted molar refractivity (Wildman–Crippen MR) is 108 cm³/mol. The number of ether oxygens (including phenoxy) is 3. The first-order chi connectivity index (χ1) is 14.1. The van der Waals surface area contributed by atoms with E-state index in [0.717, 1.165) is 13.1 Å². The van der Waals surface area contributed by atoms with E-state index in [-0.39, 0.29) is 17.8 Å². The van der Waals surface area contributed by atoms with E-state index in [4.69, 9.17) is 18.6 Å². The lowest BCUT2D eigenvalue weighted by molar-refractivity contribution is -0.118. The van der Waals surface area contributed by atoms with E-state index in [9.17, 15) is 9.59 Å². The van der Waals surface area contributed by atoms with Crippen molar-refractivity contribution in [2.45, 2.75) is 25.8 Å². The van der Waals surface area contributed by atoms with Crippen molar-refractivity contribution in [1.29, 1.82) is 0 Å². The van der Waals surface area contributed by atoms with Gasteiger partial charge in [0, 0.05) is 30.0 Å². The number of piperidine rings is 1. The summed E-state index contributed by atoms with van der Waals surface area (Å²) in [5.74, 6) is 1.27. The van der Waals surface area contributed by atoms with Crippen molar-refractivity contribution in [2.75, 3.05) is 39.2 Å². The first-order valence-electron chi connectivity index (χ1n) is 9.57.